The van der Waals surface area contributed by atoms with Crippen LogP contribution in [-0.2, 0) is 0 Å². The molecule has 8 aromatic carbocycles. The number of fused-ring (bicyclic) bond motifs is 8. The van der Waals surface area contributed by atoms with Gasteiger partial charge in [-0.3, -0.25) is 9.97 Å². The highest BCUT2D eigenvalue weighted by Gasteiger charge is 2.19. The van der Waals surface area contributed by atoms with Crippen molar-refractivity contribution in [2.24, 2.45) is 0 Å². The van der Waals surface area contributed by atoms with Crippen molar-refractivity contribution in [1.29, 1.82) is 0 Å². The minimum absolute atomic E-state index is 0.879. The Morgan fingerprint density at radius 2 is 0.984 bits per heavy atom. The minimum Gasteiger partial charge on any atom is -0.311 e. The molecule has 5 heterocycles. The first-order valence-electron chi connectivity index (χ1n) is 21.7. The Hall–Kier alpha value is -8.67. The number of hydrogen-bond donors (Lipinski definition) is 0. The Morgan fingerprint density at radius 1 is 0.375 bits per heavy atom. The fraction of sp³-hybridized carbons (Fsp3) is 0. The van der Waals surface area contributed by atoms with Gasteiger partial charge in [-0.2, -0.15) is 0 Å². The molecule has 13 aromatic rings. The molecule has 0 radical (unpaired) electrons. The molecule has 64 heavy (non-hydrogen) atoms. The summed E-state index contributed by atoms with van der Waals surface area (Å²) in [4.78, 5) is 17.0. The topological polar surface area (TPSA) is 46.3 Å². The SMILES string of the molecule is c1ccc(-c2nc(-c3ccc(N(c4ccc(-c5cnc6ccccc6c5)cc4)c4ccc(-c5ccc6c7cccc8c9ccccc9n(c6c5)c87)cc4)cc3)cc3cccnc23)cc1. The van der Waals surface area contributed by atoms with E-state index >= 15 is 0 Å². The van der Waals surface area contributed by atoms with Crippen LogP contribution in [0.4, 0.5) is 17.1 Å². The van der Waals surface area contributed by atoms with E-state index < -0.39 is 0 Å². The van der Waals surface area contributed by atoms with Gasteiger partial charge >= 0.3 is 0 Å². The summed E-state index contributed by atoms with van der Waals surface area (Å²) in [6.07, 6.45) is 3.80. The molecule has 0 aliphatic heterocycles. The Bertz CT molecular complexity index is 3870. The van der Waals surface area contributed by atoms with Crippen LogP contribution in [-0.4, -0.2) is 19.4 Å². The predicted molar refractivity (Wildman–Crippen MR) is 266 cm³/mol. The molecule has 0 amide bonds. The van der Waals surface area contributed by atoms with Crippen LogP contribution in [0, 0.1) is 0 Å². The van der Waals surface area contributed by atoms with Crippen LogP contribution >= 0.6 is 0 Å². The molecule has 0 spiro atoms. The van der Waals surface area contributed by atoms with Crippen LogP contribution in [0.3, 0.4) is 0 Å². The third kappa shape index (κ3) is 5.83. The molecule has 0 aliphatic rings. The third-order valence-electron chi connectivity index (χ3n) is 12.8. The molecular formula is C59H37N5. The van der Waals surface area contributed by atoms with Gasteiger partial charge < -0.3 is 9.30 Å². The van der Waals surface area contributed by atoms with Crippen LogP contribution < -0.4 is 4.90 Å². The maximum absolute atomic E-state index is 5.20. The normalized spacial score (nSPS) is 11.8. The molecule has 5 heteroatoms. The van der Waals surface area contributed by atoms with E-state index in [1.165, 1.54) is 43.7 Å². The largest absolute Gasteiger partial charge is 0.311 e. The first kappa shape index (κ1) is 36.0. The maximum Gasteiger partial charge on any atom is 0.0972 e. The molecule has 298 valence electrons. The second kappa shape index (κ2) is 14.5. The lowest BCUT2D eigenvalue weighted by atomic mass is 10.0. The molecule has 0 aliphatic carbocycles. The van der Waals surface area contributed by atoms with E-state index in [1.807, 2.05) is 42.7 Å². The summed E-state index contributed by atoms with van der Waals surface area (Å²) in [5.74, 6) is 0. The summed E-state index contributed by atoms with van der Waals surface area (Å²) in [5.41, 5.74) is 17.2. The van der Waals surface area contributed by atoms with Crippen molar-refractivity contribution in [1.82, 2.24) is 19.4 Å². The molecule has 5 aromatic heterocycles. The molecule has 0 saturated carbocycles. The summed E-state index contributed by atoms with van der Waals surface area (Å²) in [6.45, 7) is 0. The quantitative estimate of drug-likeness (QED) is 0.161. The third-order valence-corrected chi connectivity index (χ3v) is 12.8. The Morgan fingerprint density at radius 3 is 1.75 bits per heavy atom. The summed E-state index contributed by atoms with van der Waals surface area (Å²) >= 11 is 0. The number of pyridine rings is 3. The maximum atomic E-state index is 5.20. The minimum atomic E-state index is 0.879. The fourth-order valence-corrected chi connectivity index (χ4v) is 9.70. The lowest BCUT2D eigenvalue weighted by molar-refractivity contribution is 1.28. The van der Waals surface area contributed by atoms with E-state index in [2.05, 4.69) is 191 Å². The van der Waals surface area contributed by atoms with E-state index in [0.29, 0.717) is 0 Å². The van der Waals surface area contributed by atoms with Gasteiger partial charge in [0.2, 0.25) is 0 Å². The highest BCUT2D eigenvalue weighted by atomic mass is 15.1. The van der Waals surface area contributed by atoms with Gasteiger partial charge in [-0.1, -0.05) is 140 Å². The molecule has 0 atom stereocenters. The van der Waals surface area contributed by atoms with Crippen molar-refractivity contribution in [3.63, 3.8) is 0 Å². The Balaban J connectivity index is 0.899. The zero-order valence-electron chi connectivity index (χ0n) is 34.6. The molecule has 0 bridgehead atoms. The zero-order chi connectivity index (χ0) is 42.1. The Kier molecular flexibility index (Phi) is 8.15. The molecule has 13 rings (SSSR count). The monoisotopic (exact) mass is 815 g/mol. The van der Waals surface area contributed by atoms with Crippen LogP contribution in [0.25, 0.3) is 105 Å². The molecule has 0 fully saturated rings. The van der Waals surface area contributed by atoms with Gasteiger partial charge in [-0.25, -0.2) is 4.98 Å². The van der Waals surface area contributed by atoms with E-state index in [0.717, 1.165) is 78.1 Å². The van der Waals surface area contributed by atoms with Gasteiger partial charge in [0.15, 0.2) is 0 Å². The predicted octanol–water partition coefficient (Wildman–Crippen LogP) is 15.5. The number of rotatable bonds is 7. The van der Waals surface area contributed by atoms with E-state index in [-0.39, 0.29) is 0 Å². The van der Waals surface area contributed by atoms with Crippen molar-refractivity contribution in [3.8, 4) is 44.8 Å². The first-order valence-corrected chi connectivity index (χ1v) is 21.7. The van der Waals surface area contributed by atoms with Gasteiger partial charge in [0.25, 0.3) is 0 Å². The lowest BCUT2D eigenvalue weighted by Gasteiger charge is -2.26. The van der Waals surface area contributed by atoms with Crippen molar-refractivity contribution < 1.29 is 0 Å². The molecule has 0 unspecified atom stereocenters. The standard InChI is InChI=1S/C59H37N5/c1-2-10-41(11-3-1)58-57-44(13-9-33-60-57)35-54(62-58)40-23-30-48(31-24-40)63(47-28-21-39(22-29-47)45-34-43-12-4-6-17-53(43)61-37-45)46-26-19-38(20-27-46)42-25-32-50-52-16-8-15-51-49-14-5-7-18-55(49)64(59(51)52)56(50)36-42/h1-37H. The molecule has 0 saturated heterocycles. The number of anilines is 3. The van der Waals surface area contributed by atoms with Crippen molar-refractivity contribution in [3.05, 3.63) is 225 Å². The number of hydrogen-bond acceptors (Lipinski definition) is 4. The highest BCUT2D eigenvalue weighted by Crippen LogP contribution is 2.42. The smallest absolute Gasteiger partial charge is 0.0972 e. The molecule has 5 nitrogen and oxygen atoms in total. The van der Waals surface area contributed by atoms with Crippen LogP contribution in [0.5, 0.6) is 0 Å². The highest BCUT2D eigenvalue weighted by molar-refractivity contribution is 6.23. The van der Waals surface area contributed by atoms with Crippen molar-refractivity contribution in [2.45, 2.75) is 0 Å². The van der Waals surface area contributed by atoms with Crippen LogP contribution in [0.2, 0.25) is 0 Å². The first-order chi connectivity index (χ1) is 31.7. The summed E-state index contributed by atoms with van der Waals surface area (Å²) in [6, 6.07) is 75.9. The second-order valence-electron chi connectivity index (χ2n) is 16.5. The lowest BCUT2D eigenvalue weighted by Crippen LogP contribution is -2.09. The van der Waals surface area contributed by atoms with Gasteiger partial charge in [-0.15, -0.1) is 0 Å². The molecule has 0 N–H and O–H groups in total. The van der Waals surface area contributed by atoms with Gasteiger partial charge in [-0.05, 0) is 89.5 Å². The number of para-hydroxylation sites is 3. The van der Waals surface area contributed by atoms with Crippen molar-refractivity contribution >= 4 is 77.0 Å². The summed E-state index contributed by atoms with van der Waals surface area (Å²) < 4.78 is 2.45. The van der Waals surface area contributed by atoms with Crippen LogP contribution in [0.1, 0.15) is 0 Å². The number of benzene rings is 8. The average molecular weight is 816 g/mol. The van der Waals surface area contributed by atoms with Gasteiger partial charge in [0.1, 0.15) is 0 Å². The summed E-state index contributed by atoms with van der Waals surface area (Å²) in [7, 11) is 0. The van der Waals surface area contributed by atoms with E-state index in [1.54, 1.807) is 0 Å². The Labute approximate surface area is 369 Å². The molecular weight excluding hydrogens is 779 g/mol. The zero-order valence-corrected chi connectivity index (χ0v) is 34.6. The van der Waals surface area contributed by atoms with E-state index in [9.17, 15) is 0 Å². The van der Waals surface area contributed by atoms with Crippen LogP contribution in [0.15, 0.2) is 225 Å². The van der Waals surface area contributed by atoms with Crippen molar-refractivity contribution in [2.75, 3.05) is 4.90 Å². The summed E-state index contributed by atoms with van der Waals surface area (Å²) in [5, 5.41) is 7.34. The fourth-order valence-electron chi connectivity index (χ4n) is 9.70. The number of aromatic nitrogens is 4. The average Bonchev–Trinajstić information content (AvgIpc) is 3.89. The van der Waals surface area contributed by atoms with Gasteiger partial charge in [0.05, 0.1) is 39.0 Å². The van der Waals surface area contributed by atoms with E-state index in [4.69, 9.17) is 15.0 Å². The number of nitrogens with zero attached hydrogens (tertiary/aromatic N) is 5. The van der Waals surface area contributed by atoms with Gasteiger partial charge in [0, 0.05) is 78.5 Å². The second-order valence-corrected chi connectivity index (χ2v) is 16.5.